The summed E-state index contributed by atoms with van der Waals surface area (Å²) in [5.41, 5.74) is 1.89. The predicted octanol–water partition coefficient (Wildman–Crippen LogP) is 3.22. The molecule has 0 saturated carbocycles. The van der Waals surface area contributed by atoms with Crippen LogP contribution in [0.1, 0.15) is 12.6 Å². The molecule has 0 bridgehead atoms. The fraction of sp³-hybridized carbons (Fsp3) is 0.400. The molecule has 1 aliphatic rings. The van der Waals surface area contributed by atoms with Crippen molar-refractivity contribution in [1.82, 2.24) is 9.88 Å². The van der Waals surface area contributed by atoms with E-state index in [9.17, 15) is 0 Å². The Morgan fingerprint density at radius 1 is 1.35 bits per heavy atom. The van der Waals surface area contributed by atoms with Crippen LogP contribution in [0.3, 0.4) is 0 Å². The maximum atomic E-state index is 5.88. The van der Waals surface area contributed by atoms with Crippen LogP contribution in [0.2, 0.25) is 5.02 Å². The molecule has 4 nitrogen and oxygen atoms in total. The fourth-order valence-electron chi connectivity index (χ4n) is 2.37. The van der Waals surface area contributed by atoms with Crippen molar-refractivity contribution in [3.05, 3.63) is 41.2 Å². The van der Waals surface area contributed by atoms with Gasteiger partial charge in [0.2, 0.25) is 5.89 Å². The van der Waals surface area contributed by atoms with E-state index in [2.05, 4.69) is 16.8 Å². The number of nitrogens with zero attached hydrogens (tertiary/aromatic N) is 2. The molecule has 106 valence electrons. The molecule has 2 heterocycles. The van der Waals surface area contributed by atoms with Crippen LogP contribution < -0.4 is 0 Å². The van der Waals surface area contributed by atoms with E-state index in [4.69, 9.17) is 20.8 Å². The van der Waals surface area contributed by atoms with Gasteiger partial charge in [-0.1, -0.05) is 11.6 Å². The molecule has 0 amide bonds. The number of ether oxygens (including phenoxy) is 1. The molecule has 0 N–H and O–H groups in total. The molecule has 1 aliphatic heterocycles. The first-order chi connectivity index (χ1) is 9.70. The van der Waals surface area contributed by atoms with Crippen LogP contribution in [0, 0.1) is 0 Å². The lowest BCUT2D eigenvalue weighted by atomic mass is 10.2. The van der Waals surface area contributed by atoms with Gasteiger partial charge in [-0.3, -0.25) is 4.90 Å². The summed E-state index contributed by atoms with van der Waals surface area (Å²) in [4.78, 5) is 6.87. The highest BCUT2D eigenvalue weighted by Crippen LogP contribution is 2.21. The molecule has 3 rings (SSSR count). The van der Waals surface area contributed by atoms with Crippen LogP contribution in [0.5, 0.6) is 0 Å². The number of benzene rings is 1. The van der Waals surface area contributed by atoms with Crippen molar-refractivity contribution in [1.29, 1.82) is 0 Å². The Bertz CT molecular complexity index is 568. The molecular weight excluding hydrogens is 276 g/mol. The van der Waals surface area contributed by atoms with E-state index >= 15 is 0 Å². The van der Waals surface area contributed by atoms with Crippen LogP contribution >= 0.6 is 11.6 Å². The Morgan fingerprint density at radius 3 is 2.90 bits per heavy atom. The molecule has 0 aliphatic carbocycles. The third-order valence-electron chi connectivity index (χ3n) is 3.35. The molecule has 20 heavy (non-hydrogen) atoms. The van der Waals surface area contributed by atoms with Crippen LogP contribution in [0.4, 0.5) is 0 Å². The van der Waals surface area contributed by atoms with Crippen molar-refractivity contribution in [2.45, 2.75) is 19.6 Å². The molecular formula is C15H17ClN2O2. The Balaban J connectivity index is 1.69. The SMILES string of the molecule is C[C@@H]1CN(Cc2coc(-c3ccc(Cl)cc3)n2)CCO1. The summed E-state index contributed by atoms with van der Waals surface area (Å²) in [7, 11) is 0. The Labute approximate surface area is 123 Å². The second-order valence-electron chi connectivity index (χ2n) is 5.07. The van der Waals surface area contributed by atoms with Gasteiger partial charge in [0.15, 0.2) is 0 Å². The molecule has 1 saturated heterocycles. The summed E-state index contributed by atoms with van der Waals surface area (Å²) >= 11 is 5.88. The number of rotatable bonds is 3. The van der Waals surface area contributed by atoms with E-state index in [1.807, 2.05) is 24.3 Å². The number of hydrogen-bond acceptors (Lipinski definition) is 4. The molecule has 1 aromatic carbocycles. The summed E-state index contributed by atoms with van der Waals surface area (Å²) in [5.74, 6) is 0.637. The van der Waals surface area contributed by atoms with Crippen LogP contribution in [0.15, 0.2) is 34.9 Å². The molecule has 0 unspecified atom stereocenters. The summed E-state index contributed by atoms with van der Waals surface area (Å²) in [6.07, 6.45) is 2.01. The largest absolute Gasteiger partial charge is 0.444 e. The Hall–Kier alpha value is -1.36. The van der Waals surface area contributed by atoms with Crippen molar-refractivity contribution >= 4 is 11.6 Å². The minimum Gasteiger partial charge on any atom is -0.444 e. The van der Waals surface area contributed by atoms with Gasteiger partial charge in [-0.15, -0.1) is 0 Å². The molecule has 0 radical (unpaired) electrons. The second kappa shape index (κ2) is 5.95. The summed E-state index contributed by atoms with van der Waals surface area (Å²) in [6, 6.07) is 7.50. The molecule has 1 atom stereocenters. The fourth-order valence-corrected chi connectivity index (χ4v) is 2.49. The maximum Gasteiger partial charge on any atom is 0.226 e. The molecule has 0 spiro atoms. The van der Waals surface area contributed by atoms with Gasteiger partial charge in [-0.25, -0.2) is 4.98 Å². The zero-order valence-electron chi connectivity index (χ0n) is 11.4. The van der Waals surface area contributed by atoms with E-state index in [1.165, 1.54) is 0 Å². The van der Waals surface area contributed by atoms with E-state index in [0.717, 1.165) is 37.5 Å². The number of hydrogen-bond donors (Lipinski definition) is 0. The first-order valence-electron chi connectivity index (χ1n) is 6.75. The van der Waals surface area contributed by atoms with Crippen molar-refractivity contribution < 1.29 is 9.15 Å². The van der Waals surface area contributed by atoms with Gasteiger partial charge in [0.1, 0.15) is 6.26 Å². The first kappa shape index (κ1) is 13.6. The Morgan fingerprint density at radius 2 is 2.15 bits per heavy atom. The molecule has 1 aromatic heterocycles. The maximum absolute atomic E-state index is 5.88. The third kappa shape index (κ3) is 3.20. The smallest absolute Gasteiger partial charge is 0.226 e. The molecule has 5 heteroatoms. The average molecular weight is 293 g/mol. The van der Waals surface area contributed by atoms with Crippen LogP contribution in [-0.4, -0.2) is 35.7 Å². The van der Waals surface area contributed by atoms with Crippen molar-refractivity contribution in [3.8, 4) is 11.5 Å². The first-order valence-corrected chi connectivity index (χ1v) is 7.13. The minimum absolute atomic E-state index is 0.284. The number of morpholine rings is 1. The quantitative estimate of drug-likeness (QED) is 0.871. The average Bonchev–Trinajstić information content (AvgIpc) is 2.88. The zero-order valence-corrected chi connectivity index (χ0v) is 12.1. The van der Waals surface area contributed by atoms with E-state index in [0.29, 0.717) is 10.9 Å². The number of halogens is 1. The Kier molecular flexibility index (Phi) is 4.05. The highest BCUT2D eigenvalue weighted by molar-refractivity contribution is 6.30. The summed E-state index contributed by atoms with van der Waals surface area (Å²) in [6.45, 7) is 5.54. The number of aromatic nitrogens is 1. The van der Waals surface area contributed by atoms with Crippen LogP contribution in [-0.2, 0) is 11.3 Å². The van der Waals surface area contributed by atoms with Gasteiger partial charge in [-0.05, 0) is 31.2 Å². The standard InChI is InChI=1S/C15H17ClN2O2/c1-11-8-18(6-7-19-11)9-14-10-20-15(17-14)12-2-4-13(16)5-3-12/h2-5,10-11H,6-9H2,1H3/t11-/m1/s1. The van der Waals surface area contributed by atoms with Crippen molar-refractivity contribution in [2.75, 3.05) is 19.7 Å². The van der Waals surface area contributed by atoms with Gasteiger partial charge in [0, 0.05) is 30.2 Å². The second-order valence-corrected chi connectivity index (χ2v) is 5.50. The number of oxazole rings is 1. The zero-order chi connectivity index (χ0) is 13.9. The van der Waals surface area contributed by atoms with E-state index in [-0.39, 0.29) is 6.10 Å². The topological polar surface area (TPSA) is 38.5 Å². The molecule has 2 aromatic rings. The lowest BCUT2D eigenvalue weighted by Crippen LogP contribution is -2.40. The van der Waals surface area contributed by atoms with Crippen LogP contribution in [0.25, 0.3) is 11.5 Å². The van der Waals surface area contributed by atoms with Gasteiger partial charge < -0.3 is 9.15 Å². The third-order valence-corrected chi connectivity index (χ3v) is 3.61. The predicted molar refractivity (Wildman–Crippen MR) is 77.6 cm³/mol. The minimum atomic E-state index is 0.284. The summed E-state index contributed by atoms with van der Waals surface area (Å²) < 4.78 is 11.1. The lowest BCUT2D eigenvalue weighted by Gasteiger charge is -2.30. The van der Waals surface area contributed by atoms with E-state index in [1.54, 1.807) is 6.26 Å². The lowest BCUT2D eigenvalue weighted by molar-refractivity contribution is -0.0215. The molecule has 1 fully saturated rings. The monoisotopic (exact) mass is 292 g/mol. The van der Waals surface area contributed by atoms with Crippen molar-refractivity contribution in [2.24, 2.45) is 0 Å². The van der Waals surface area contributed by atoms with Gasteiger partial charge in [0.25, 0.3) is 0 Å². The van der Waals surface area contributed by atoms with E-state index < -0.39 is 0 Å². The van der Waals surface area contributed by atoms with Gasteiger partial charge in [0.05, 0.1) is 18.4 Å². The highest BCUT2D eigenvalue weighted by Gasteiger charge is 2.18. The van der Waals surface area contributed by atoms with Gasteiger partial charge in [-0.2, -0.15) is 0 Å². The highest BCUT2D eigenvalue weighted by atomic mass is 35.5. The van der Waals surface area contributed by atoms with Crippen molar-refractivity contribution in [3.63, 3.8) is 0 Å². The van der Waals surface area contributed by atoms with Gasteiger partial charge >= 0.3 is 0 Å². The summed E-state index contributed by atoms with van der Waals surface area (Å²) in [5, 5.41) is 0.711. The normalized spacial score (nSPS) is 20.2.